The summed E-state index contributed by atoms with van der Waals surface area (Å²) in [4.78, 5) is 26.0. The van der Waals surface area contributed by atoms with Gasteiger partial charge in [0, 0.05) is 24.2 Å². The van der Waals surface area contributed by atoms with E-state index in [9.17, 15) is 9.59 Å². The summed E-state index contributed by atoms with van der Waals surface area (Å²) in [5.74, 6) is -0.270. The fourth-order valence-corrected chi connectivity index (χ4v) is 2.99. The van der Waals surface area contributed by atoms with Gasteiger partial charge in [-0.2, -0.15) is 0 Å². The smallest absolute Gasteiger partial charge is 0.251 e. The molecule has 1 aliphatic rings. The number of likely N-dealkylation sites (tertiary alicyclic amines) is 1. The zero-order chi connectivity index (χ0) is 17.3. The molecule has 0 aromatic heterocycles. The van der Waals surface area contributed by atoms with Crippen molar-refractivity contribution >= 4 is 23.4 Å². The first kappa shape index (κ1) is 16.5. The van der Waals surface area contributed by atoms with Gasteiger partial charge in [0.25, 0.3) is 5.91 Å². The van der Waals surface area contributed by atoms with Crippen LogP contribution in [0.4, 0.5) is 0 Å². The zero-order valence-corrected chi connectivity index (χ0v) is 14.4. The van der Waals surface area contributed by atoms with E-state index in [1.54, 1.807) is 18.0 Å². The molecule has 1 fully saturated rings. The van der Waals surface area contributed by atoms with Crippen molar-refractivity contribution in [2.75, 3.05) is 13.6 Å². The number of carbonyl (C=O) groups excluding carboxylic acids is 2. The van der Waals surface area contributed by atoms with E-state index >= 15 is 0 Å². The largest absolute Gasteiger partial charge is 0.344 e. The minimum Gasteiger partial charge on any atom is -0.344 e. The van der Waals surface area contributed by atoms with Crippen molar-refractivity contribution in [3.8, 4) is 11.1 Å². The quantitative estimate of drug-likeness (QED) is 0.930. The van der Waals surface area contributed by atoms with Crippen LogP contribution in [0.15, 0.2) is 42.5 Å². The number of aryl methyl sites for hydroxylation is 1. The van der Waals surface area contributed by atoms with Crippen LogP contribution < -0.4 is 5.32 Å². The van der Waals surface area contributed by atoms with E-state index in [4.69, 9.17) is 11.6 Å². The fraction of sp³-hybridized carbons (Fsp3) is 0.263. The third-order valence-corrected chi connectivity index (χ3v) is 4.77. The van der Waals surface area contributed by atoms with Gasteiger partial charge in [-0.15, -0.1) is 0 Å². The van der Waals surface area contributed by atoms with E-state index in [1.807, 2.05) is 43.3 Å². The molecule has 1 aliphatic heterocycles. The number of benzene rings is 2. The van der Waals surface area contributed by atoms with Gasteiger partial charge >= 0.3 is 0 Å². The molecule has 2 amide bonds. The summed E-state index contributed by atoms with van der Waals surface area (Å²) in [5.41, 5.74) is 3.42. The van der Waals surface area contributed by atoms with E-state index in [2.05, 4.69) is 5.32 Å². The molecule has 2 aromatic carbocycles. The van der Waals surface area contributed by atoms with Gasteiger partial charge in [-0.05, 0) is 48.2 Å². The maximum Gasteiger partial charge on any atom is 0.251 e. The molecule has 0 unspecified atom stereocenters. The van der Waals surface area contributed by atoms with E-state index in [0.717, 1.165) is 16.7 Å². The first-order chi connectivity index (χ1) is 11.5. The Hall–Kier alpha value is -2.33. The molecule has 0 radical (unpaired) electrons. The van der Waals surface area contributed by atoms with Crippen LogP contribution in [0.2, 0.25) is 5.02 Å². The highest BCUT2D eigenvalue weighted by atomic mass is 35.5. The fourth-order valence-electron chi connectivity index (χ4n) is 2.81. The van der Waals surface area contributed by atoms with Gasteiger partial charge < -0.3 is 10.2 Å². The molecule has 1 saturated heterocycles. The average Bonchev–Trinajstić information content (AvgIpc) is 2.89. The van der Waals surface area contributed by atoms with Gasteiger partial charge in [-0.1, -0.05) is 35.9 Å². The molecule has 3 rings (SSSR count). The van der Waals surface area contributed by atoms with E-state index < -0.39 is 6.04 Å². The molecule has 4 nitrogen and oxygen atoms in total. The highest BCUT2D eigenvalue weighted by Crippen LogP contribution is 2.26. The van der Waals surface area contributed by atoms with Crippen LogP contribution in [0.25, 0.3) is 11.1 Å². The minimum absolute atomic E-state index is 0.0372. The van der Waals surface area contributed by atoms with Crippen molar-refractivity contribution in [1.29, 1.82) is 0 Å². The Morgan fingerprint density at radius 2 is 1.96 bits per heavy atom. The van der Waals surface area contributed by atoms with Crippen LogP contribution in [0, 0.1) is 6.92 Å². The molecule has 0 aliphatic carbocycles. The molecule has 24 heavy (non-hydrogen) atoms. The summed E-state index contributed by atoms with van der Waals surface area (Å²) in [6, 6.07) is 12.7. The average molecular weight is 343 g/mol. The minimum atomic E-state index is -0.431. The Morgan fingerprint density at radius 1 is 1.21 bits per heavy atom. The highest BCUT2D eigenvalue weighted by Gasteiger charge is 2.30. The number of rotatable bonds is 3. The van der Waals surface area contributed by atoms with Crippen molar-refractivity contribution in [3.05, 3.63) is 58.6 Å². The third-order valence-electron chi connectivity index (χ3n) is 4.36. The standard InChI is InChI=1S/C19H19ClN2O2/c1-12-6-7-14(11-16(12)20)13-4-3-5-15(10-13)18(23)21-17-8-9-22(2)19(17)24/h3-7,10-11,17H,8-9H2,1-2H3,(H,21,23)/t17-/m0/s1. The maximum absolute atomic E-state index is 12.4. The monoisotopic (exact) mass is 342 g/mol. The number of amides is 2. The van der Waals surface area contributed by atoms with Crippen LogP contribution in [-0.2, 0) is 4.79 Å². The molecule has 5 heteroatoms. The number of nitrogens with one attached hydrogen (secondary N) is 1. The van der Waals surface area contributed by atoms with Gasteiger partial charge in [0.15, 0.2) is 0 Å². The Bertz CT molecular complexity index is 804. The Morgan fingerprint density at radius 3 is 2.62 bits per heavy atom. The van der Waals surface area contributed by atoms with Gasteiger partial charge in [0.1, 0.15) is 6.04 Å². The van der Waals surface area contributed by atoms with Crippen LogP contribution in [0.3, 0.4) is 0 Å². The first-order valence-electron chi connectivity index (χ1n) is 7.88. The molecule has 1 atom stereocenters. The number of hydrogen-bond donors (Lipinski definition) is 1. The van der Waals surface area contributed by atoms with Gasteiger partial charge in [-0.3, -0.25) is 9.59 Å². The van der Waals surface area contributed by atoms with Crippen molar-refractivity contribution in [3.63, 3.8) is 0 Å². The second kappa shape index (κ2) is 6.65. The van der Waals surface area contributed by atoms with E-state index in [1.165, 1.54) is 0 Å². The van der Waals surface area contributed by atoms with Crippen LogP contribution in [-0.4, -0.2) is 36.3 Å². The molecular formula is C19H19ClN2O2. The zero-order valence-electron chi connectivity index (χ0n) is 13.7. The number of hydrogen-bond acceptors (Lipinski definition) is 2. The lowest BCUT2D eigenvalue weighted by Gasteiger charge is -2.13. The van der Waals surface area contributed by atoms with Crippen molar-refractivity contribution in [1.82, 2.24) is 10.2 Å². The summed E-state index contributed by atoms with van der Waals surface area (Å²) >= 11 is 6.19. The molecule has 2 aromatic rings. The molecule has 1 N–H and O–H groups in total. The summed E-state index contributed by atoms with van der Waals surface area (Å²) < 4.78 is 0. The lowest BCUT2D eigenvalue weighted by molar-refractivity contribution is -0.128. The van der Waals surface area contributed by atoms with Gasteiger partial charge in [-0.25, -0.2) is 0 Å². The van der Waals surface area contributed by atoms with Gasteiger partial charge in [0.05, 0.1) is 0 Å². The first-order valence-corrected chi connectivity index (χ1v) is 8.26. The van der Waals surface area contributed by atoms with Crippen LogP contribution in [0.5, 0.6) is 0 Å². The van der Waals surface area contributed by atoms with Crippen molar-refractivity contribution < 1.29 is 9.59 Å². The van der Waals surface area contributed by atoms with Crippen LogP contribution >= 0.6 is 11.6 Å². The SMILES string of the molecule is Cc1ccc(-c2cccc(C(=O)N[C@H]3CCN(C)C3=O)c2)cc1Cl. The molecular weight excluding hydrogens is 324 g/mol. The Kier molecular flexibility index (Phi) is 4.58. The summed E-state index contributed by atoms with van der Waals surface area (Å²) in [5, 5.41) is 3.51. The topological polar surface area (TPSA) is 49.4 Å². The third kappa shape index (κ3) is 3.29. The summed E-state index contributed by atoms with van der Waals surface area (Å²) in [6.45, 7) is 2.62. The molecule has 0 saturated carbocycles. The second-order valence-electron chi connectivity index (χ2n) is 6.12. The molecule has 0 bridgehead atoms. The molecule has 0 spiro atoms. The predicted octanol–water partition coefficient (Wildman–Crippen LogP) is 3.28. The number of likely N-dealkylation sites (N-methyl/N-ethyl adjacent to an activating group) is 1. The Labute approximate surface area is 146 Å². The van der Waals surface area contributed by atoms with Crippen molar-refractivity contribution in [2.24, 2.45) is 0 Å². The second-order valence-corrected chi connectivity index (χ2v) is 6.53. The maximum atomic E-state index is 12.4. The summed E-state index contributed by atoms with van der Waals surface area (Å²) in [7, 11) is 1.75. The van der Waals surface area contributed by atoms with Gasteiger partial charge in [0.2, 0.25) is 5.91 Å². The van der Waals surface area contributed by atoms with Crippen LogP contribution in [0.1, 0.15) is 22.3 Å². The van der Waals surface area contributed by atoms with E-state index in [0.29, 0.717) is 23.6 Å². The normalized spacial score (nSPS) is 17.2. The number of halogens is 1. The molecule has 1 heterocycles. The van der Waals surface area contributed by atoms with E-state index in [-0.39, 0.29) is 11.8 Å². The lowest BCUT2D eigenvalue weighted by atomic mass is 10.0. The number of carbonyl (C=O) groups is 2. The Balaban J connectivity index is 1.81. The summed E-state index contributed by atoms with van der Waals surface area (Å²) in [6.07, 6.45) is 0.647. The predicted molar refractivity (Wildman–Crippen MR) is 95.1 cm³/mol. The number of nitrogens with zero attached hydrogens (tertiary/aromatic N) is 1. The highest BCUT2D eigenvalue weighted by molar-refractivity contribution is 6.31. The van der Waals surface area contributed by atoms with Crippen molar-refractivity contribution in [2.45, 2.75) is 19.4 Å². The lowest BCUT2D eigenvalue weighted by Crippen LogP contribution is -2.40. The molecule has 124 valence electrons.